The molecule has 2 aromatic heterocycles. The average Bonchev–Trinajstić information content (AvgIpc) is 3.18. The van der Waals surface area contributed by atoms with Gasteiger partial charge in [0.2, 0.25) is 5.56 Å². The number of nitrogens with zero attached hydrogens (tertiary/aromatic N) is 3. The molecule has 8 heteroatoms. The molecule has 6 nitrogen and oxygen atoms in total. The molecule has 1 N–H and O–H groups in total. The summed E-state index contributed by atoms with van der Waals surface area (Å²) in [5, 5.41) is 8.79. The van der Waals surface area contributed by atoms with Crippen molar-refractivity contribution in [1.82, 2.24) is 20.0 Å². The van der Waals surface area contributed by atoms with E-state index in [0.29, 0.717) is 38.8 Å². The van der Waals surface area contributed by atoms with E-state index in [0.717, 1.165) is 0 Å². The Morgan fingerprint density at radius 2 is 2.00 bits per heavy atom. The van der Waals surface area contributed by atoms with Crippen LogP contribution in [0.4, 0.5) is 4.39 Å². The largest absolute Gasteiger partial charge is 0.495 e. The quantitative estimate of drug-likeness (QED) is 0.564. The Kier molecular flexibility index (Phi) is 4.67. The van der Waals surface area contributed by atoms with Crippen molar-refractivity contribution in [3.8, 4) is 33.8 Å². The van der Waals surface area contributed by atoms with Crippen molar-refractivity contribution in [3.63, 3.8) is 0 Å². The molecule has 28 heavy (non-hydrogen) atoms. The van der Waals surface area contributed by atoms with Crippen molar-refractivity contribution >= 4 is 11.6 Å². The van der Waals surface area contributed by atoms with Crippen LogP contribution >= 0.6 is 11.6 Å². The lowest BCUT2D eigenvalue weighted by atomic mass is 10.0. The third kappa shape index (κ3) is 3.39. The fourth-order valence-electron chi connectivity index (χ4n) is 2.92. The summed E-state index contributed by atoms with van der Waals surface area (Å²) in [6, 6.07) is 12.7. The highest BCUT2D eigenvalue weighted by molar-refractivity contribution is 6.31. The molecule has 2 aromatic carbocycles. The van der Waals surface area contributed by atoms with Crippen molar-refractivity contribution in [1.29, 1.82) is 0 Å². The molecule has 0 atom stereocenters. The highest BCUT2D eigenvalue weighted by atomic mass is 35.5. The molecule has 0 saturated heterocycles. The number of nitrogens with one attached hydrogen (secondary N) is 1. The predicted molar refractivity (Wildman–Crippen MR) is 104 cm³/mol. The van der Waals surface area contributed by atoms with Gasteiger partial charge in [-0.05, 0) is 30.3 Å². The number of methoxy groups -OCH3 is 1. The van der Waals surface area contributed by atoms with E-state index in [-0.39, 0.29) is 11.4 Å². The molecule has 0 spiro atoms. The van der Waals surface area contributed by atoms with Crippen LogP contribution in [0.25, 0.3) is 28.1 Å². The van der Waals surface area contributed by atoms with Gasteiger partial charge in [0.1, 0.15) is 17.3 Å². The normalized spacial score (nSPS) is 10.8. The maximum atomic E-state index is 13.5. The summed E-state index contributed by atoms with van der Waals surface area (Å²) in [5.41, 5.74) is 2.69. The minimum Gasteiger partial charge on any atom is -0.495 e. The third-order valence-electron chi connectivity index (χ3n) is 4.22. The van der Waals surface area contributed by atoms with Crippen LogP contribution in [0.1, 0.15) is 0 Å². The van der Waals surface area contributed by atoms with Gasteiger partial charge in [0.15, 0.2) is 0 Å². The first-order valence-electron chi connectivity index (χ1n) is 8.30. The number of ether oxygens (including phenoxy) is 1. The lowest BCUT2D eigenvalue weighted by Crippen LogP contribution is -2.06. The zero-order valence-electron chi connectivity index (χ0n) is 14.7. The van der Waals surface area contributed by atoms with Crippen molar-refractivity contribution < 1.29 is 9.13 Å². The van der Waals surface area contributed by atoms with Gasteiger partial charge < -0.3 is 9.72 Å². The summed E-state index contributed by atoms with van der Waals surface area (Å²) in [5.74, 6) is 0.126. The fourth-order valence-corrected chi connectivity index (χ4v) is 3.10. The van der Waals surface area contributed by atoms with Gasteiger partial charge in [-0.3, -0.25) is 4.79 Å². The van der Waals surface area contributed by atoms with Crippen LogP contribution in [-0.2, 0) is 0 Å². The zero-order valence-corrected chi connectivity index (χ0v) is 15.4. The Balaban J connectivity index is 1.87. The highest BCUT2D eigenvalue weighted by Crippen LogP contribution is 2.34. The van der Waals surface area contributed by atoms with Crippen LogP contribution in [0.15, 0.2) is 65.7 Å². The van der Waals surface area contributed by atoms with Gasteiger partial charge in [0, 0.05) is 34.0 Å². The molecule has 0 bridgehead atoms. The monoisotopic (exact) mass is 396 g/mol. The molecule has 0 saturated carbocycles. The SMILES string of the molecule is COc1c[nH]c(=O)cc1-c1cc(Cl)ccc1-n1cc(-c2cccc(F)c2)nn1. The number of hydrogen-bond acceptors (Lipinski definition) is 4. The van der Waals surface area contributed by atoms with E-state index >= 15 is 0 Å². The number of rotatable bonds is 4. The molecule has 140 valence electrons. The number of pyridine rings is 1. The van der Waals surface area contributed by atoms with Gasteiger partial charge in [0.25, 0.3) is 0 Å². The Morgan fingerprint density at radius 1 is 1.14 bits per heavy atom. The van der Waals surface area contributed by atoms with Gasteiger partial charge in [-0.1, -0.05) is 28.9 Å². The first-order valence-corrected chi connectivity index (χ1v) is 8.68. The van der Waals surface area contributed by atoms with Crippen LogP contribution in [-0.4, -0.2) is 27.1 Å². The molecule has 0 aliphatic carbocycles. The number of halogens is 2. The van der Waals surface area contributed by atoms with Crippen molar-refractivity contribution in [2.75, 3.05) is 7.11 Å². The Morgan fingerprint density at radius 3 is 2.79 bits per heavy atom. The standard InChI is InChI=1S/C20H14ClFN4O2/c1-28-19-10-23-20(27)9-16(19)15-8-13(21)5-6-18(15)26-11-17(24-25-26)12-3-2-4-14(22)7-12/h2-11H,1H3,(H,23,27). The minimum atomic E-state index is -0.354. The molecule has 2 heterocycles. The first-order chi connectivity index (χ1) is 13.5. The number of H-pyrrole nitrogens is 1. The van der Waals surface area contributed by atoms with Gasteiger partial charge in [0.05, 0.1) is 19.0 Å². The summed E-state index contributed by atoms with van der Waals surface area (Å²) in [4.78, 5) is 14.5. The van der Waals surface area contributed by atoms with Crippen molar-refractivity contribution in [2.24, 2.45) is 0 Å². The van der Waals surface area contributed by atoms with Gasteiger partial charge in [-0.15, -0.1) is 5.10 Å². The molecule has 0 radical (unpaired) electrons. The van der Waals surface area contributed by atoms with E-state index in [2.05, 4.69) is 15.3 Å². The fraction of sp³-hybridized carbons (Fsp3) is 0.0500. The predicted octanol–water partition coefficient (Wildman–Crippen LogP) is 4.09. The van der Waals surface area contributed by atoms with Crippen molar-refractivity contribution in [2.45, 2.75) is 0 Å². The summed E-state index contributed by atoms with van der Waals surface area (Å²) < 4.78 is 20.4. The summed E-state index contributed by atoms with van der Waals surface area (Å²) >= 11 is 6.19. The smallest absolute Gasteiger partial charge is 0.248 e. The van der Waals surface area contributed by atoms with Gasteiger partial charge in [-0.25, -0.2) is 9.07 Å². The average molecular weight is 397 g/mol. The van der Waals surface area contributed by atoms with Crippen LogP contribution < -0.4 is 10.3 Å². The molecule has 4 aromatic rings. The molecular weight excluding hydrogens is 383 g/mol. The second kappa shape index (κ2) is 7.28. The Hall–Kier alpha value is -3.45. The van der Waals surface area contributed by atoms with Crippen LogP contribution in [0.2, 0.25) is 5.02 Å². The Bertz CT molecular complexity index is 1220. The number of aromatic nitrogens is 4. The maximum Gasteiger partial charge on any atom is 0.248 e. The number of benzene rings is 2. The number of hydrogen-bond donors (Lipinski definition) is 1. The maximum absolute atomic E-state index is 13.5. The van der Waals surface area contributed by atoms with E-state index in [1.807, 2.05) is 0 Å². The first kappa shape index (κ1) is 17.9. The molecule has 0 fully saturated rings. The highest BCUT2D eigenvalue weighted by Gasteiger charge is 2.15. The zero-order chi connectivity index (χ0) is 19.7. The number of aromatic amines is 1. The molecule has 0 aliphatic heterocycles. The van der Waals surface area contributed by atoms with Gasteiger partial charge in [-0.2, -0.15) is 0 Å². The molecule has 0 unspecified atom stereocenters. The molecule has 4 rings (SSSR count). The second-order valence-corrected chi connectivity index (χ2v) is 6.44. The lowest BCUT2D eigenvalue weighted by Gasteiger charge is -2.12. The summed E-state index contributed by atoms with van der Waals surface area (Å²) in [6.07, 6.45) is 3.17. The van der Waals surface area contributed by atoms with E-state index in [1.54, 1.807) is 41.2 Å². The summed E-state index contributed by atoms with van der Waals surface area (Å²) in [7, 11) is 1.51. The van der Waals surface area contributed by atoms with Crippen LogP contribution in [0.5, 0.6) is 5.75 Å². The van der Waals surface area contributed by atoms with Crippen LogP contribution in [0, 0.1) is 5.82 Å². The van der Waals surface area contributed by atoms with Crippen molar-refractivity contribution in [3.05, 3.63) is 82.1 Å². The second-order valence-electron chi connectivity index (χ2n) is 6.00. The van der Waals surface area contributed by atoms with E-state index in [9.17, 15) is 9.18 Å². The van der Waals surface area contributed by atoms with E-state index in [4.69, 9.17) is 16.3 Å². The third-order valence-corrected chi connectivity index (χ3v) is 4.45. The minimum absolute atomic E-state index is 0.277. The Labute approximate surface area is 164 Å². The topological polar surface area (TPSA) is 72.8 Å². The molecular formula is C20H14ClFN4O2. The van der Waals surface area contributed by atoms with E-state index in [1.165, 1.54) is 31.5 Å². The van der Waals surface area contributed by atoms with Crippen LogP contribution in [0.3, 0.4) is 0 Å². The lowest BCUT2D eigenvalue weighted by molar-refractivity contribution is 0.414. The van der Waals surface area contributed by atoms with Gasteiger partial charge >= 0.3 is 0 Å². The molecule has 0 amide bonds. The summed E-state index contributed by atoms with van der Waals surface area (Å²) in [6.45, 7) is 0. The molecule has 0 aliphatic rings. The van der Waals surface area contributed by atoms with E-state index < -0.39 is 0 Å².